The van der Waals surface area contributed by atoms with Gasteiger partial charge in [-0.3, -0.25) is 4.79 Å². The number of carbonyl (C=O) groups excluding carboxylic acids is 1. The van der Waals surface area contributed by atoms with E-state index in [2.05, 4.69) is 18.7 Å². The van der Waals surface area contributed by atoms with E-state index in [4.69, 9.17) is 4.74 Å². The van der Waals surface area contributed by atoms with Crippen LogP contribution in [-0.4, -0.2) is 36.5 Å². The first-order valence-electron chi connectivity index (χ1n) is 10.2. The van der Waals surface area contributed by atoms with E-state index in [-0.39, 0.29) is 5.78 Å². The zero-order valence-electron chi connectivity index (χ0n) is 16.8. The largest absolute Gasteiger partial charge is 0.372 e. The Morgan fingerprint density at radius 3 is 2.42 bits per heavy atom. The van der Waals surface area contributed by atoms with Crippen molar-refractivity contribution in [2.75, 3.05) is 20.2 Å². The normalized spacial score (nSPS) is 17.8. The van der Waals surface area contributed by atoms with Crippen molar-refractivity contribution in [3.05, 3.63) is 47.7 Å². The smallest absolute Gasteiger partial charge is 0.187 e. The summed E-state index contributed by atoms with van der Waals surface area (Å²) < 4.78 is 6.01. The van der Waals surface area contributed by atoms with Gasteiger partial charge in [-0.25, -0.2) is 0 Å². The highest BCUT2D eigenvalue weighted by Gasteiger charge is 2.33. The van der Waals surface area contributed by atoms with Gasteiger partial charge in [-0.05, 0) is 32.6 Å². The van der Waals surface area contributed by atoms with Crippen LogP contribution < -0.4 is 0 Å². The highest BCUT2D eigenvalue weighted by Crippen LogP contribution is 2.32. The van der Waals surface area contributed by atoms with Gasteiger partial charge in [0.25, 0.3) is 0 Å². The van der Waals surface area contributed by atoms with Gasteiger partial charge >= 0.3 is 0 Å². The van der Waals surface area contributed by atoms with Crippen molar-refractivity contribution in [2.45, 2.75) is 70.8 Å². The molecule has 1 aromatic rings. The fourth-order valence-corrected chi connectivity index (χ4v) is 3.75. The lowest BCUT2D eigenvalue weighted by atomic mass is 9.90. The number of hydrogen-bond donors (Lipinski definition) is 0. The number of unbranched alkanes of at least 4 members (excludes halogenated alkanes) is 3. The second-order valence-corrected chi connectivity index (χ2v) is 7.55. The third kappa shape index (κ3) is 5.70. The van der Waals surface area contributed by atoms with Crippen LogP contribution in [0.1, 0.15) is 75.6 Å². The van der Waals surface area contributed by atoms with E-state index in [0.29, 0.717) is 0 Å². The lowest BCUT2D eigenvalue weighted by Crippen LogP contribution is -2.42. The maximum Gasteiger partial charge on any atom is 0.187 e. The third-order valence-corrected chi connectivity index (χ3v) is 5.52. The van der Waals surface area contributed by atoms with E-state index in [1.807, 2.05) is 36.4 Å². The quantitative estimate of drug-likeness (QED) is 0.309. The predicted molar refractivity (Wildman–Crippen MR) is 108 cm³/mol. The number of methoxy groups -OCH3 is 1. The van der Waals surface area contributed by atoms with Gasteiger partial charge in [0.05, 0.1) is 0 Å². The second-order valence-electron chi connectivity index (χ2n) is 7.55. The second kappa shape index (κ2) is 10.5. The Kier molecular flexibility index (Phi) is 8.37. The molecule has 0 aromatic heterocycles. The topological polar surface area (TPSA) is 29.5 Å². The maximum atomic E-state index is 12.9. The minimum atomic E-state index is -0.407. The highest BCUT2D eigenvalue weighted by molar-refractivity contribution is 6.05. The number of hydrogen-bond acceptors (Lipinski definition) is 3. The average molecular weight is 358 g/mol. The summed E-state index contributed by atoms with van der Waals surface area (Å²) in [6.07, 6.45) is 11.3. The monoisotopic (exact) mass is 357 g/mol. The number of benzene rings is 1. The van der Waals surface area contributed by atoms with Gasteiger partial charge in [0.15, 0.2) is 5.78 Å². The molecule has 0 radical (unpaired) electrons. The molecular formula is C23H35NO2. The number of carbonyl (C=O) groups is 1. The van der Waals surface area contributed by atoms with Crippen molar-refractivity contribution in [2.24, 2.45) is 0 Å². The van der Waals surface area contributed by atoms with E-state index < -0.39 is 5.60 Å². The van der Waals surface area contributed by atoms with E-state index in [0.717, 1.165) is 37.2 Å². The standard InChI is InChI=1S/C23H35NO2/c1-4-5-6-11-16-23(2,26-3)22(24-17-12-8-13-18-24)19-21(25)20-14-9-7-10-15-20/h7,9-10,14-15,19H,4-6,8,11-13,16-18H2,1-3H3. The number of ketones is 1. The molecule has 3 heteroatoms. The Hall–Kier alpha value is -1.61. The Labute approximate surface area is 159 Å². The van der Waals surface area contributed by atoms with Crippen LogP contribution in [0.2, 0.25) is 0 Å². The summed E-state index contributed by atoms with van der Waals surface area (Å²) >= 11 is 0. The summed E-state index contributed by atoms with van der Waals surface area (Å²) in [5.74, 6) is 0.0722. The molecule has 1 aromatic carbocycles. The molecule has 1 unspecified atom stereocenters. The predicted octanol–water partition coefficient (Wildman–Crippen LogP) is 5.61. The molecule has 0 N–H and O–H groups in total. The molecular weight excluding hydrogens is 322 g/mol. The summed E-state index contributed by atoms with van der Waals surface area (Å²) in [7, 11) is 1.78. The van der Waals surface area contributed by atoms with Crippen LogP contribution in [0.4, 0.5) is 0 Å². The number of ether oxygens (including phenoxy) is 1. The first kappa shape index (κ1) is 20.7. The molecule has 1 saturated heterocycles. The Morgan fingerprint density at radius 2 is 1.81 bits per heavy atom. The highest BCUT2D eigenvalue weighted by atomic mass is 16.5. The van der Waals surface area contributed by atoms with Crippen molar-refractivity contribution in [1.82, 2.24) is 4.90 Å². The van der Waals surface area contributed by atoms with Gasteiger partial charge < -0.3 is 9.64 Å². The van der Waals surface area contributed by atoms with Gasteiger partial charge in [0.1, 0.15) is 5.60 Å². The van der Waals surface area contributed by atoms with Crippen molar-refractivity contribution in [1.29, 1.82) is 0 Å². The van der Waals surface area contributed by atoms with Crippen LogP contribution in [-0.2, 0) is 4.74 Å². The van der Waals surface area contributed by atoms with Gasteiger partial charge in [0, 0.05) is 37.5 Å². The summed E-state index contributed by atoms with van der Waals surface area (Å²) in [6, 6.07) is 9.55. The van der Waals surface area contributed by atoms with Crippen molar-refractivity contribution in [3.8, 4) is 0 Å². The Bertz CT molecular complexity index is 575. The molecule has 0 spiro atoms. The molecule has 0 saturated carbocycles. The van der Waals surface area contributed by atoms with E-state index in [1.54, 1.807) is 7.11 Å². The van der Waals surface area contributed by atoms with Gasteiger partial charge in [-0.1, -0.05) is 62.9 Å². The van der Waals surface area contributed by atoms with Crippen molar-refractivity contribution in [3.63, 3.8) is 0 Å². The molecule has 2 rings (SSSR count). The Balaban J connectivity index is 2.26. The number of rotatable bonds is 10. The minimum absolute atomic E-state index is 0.0722. The lowest BCUT2D eigenvalue weighted by molar-refractivity contribution is 0.00211. The fourth-order valence-electron chi connectivity index (χ4n) is 3.75. The summed E-state index contributed by atoms with van der Waals surface area (Å²) in [6.45, 7) is 6.41. The van der Waals surface area contributed by atoms with Crippen LogP contribution >= 0.6 is 0 Å². The zero-order chi connectivity index (χ0) is 18.8. The van der Waals surface area contributed by atoms with Crippen LogP contribution in [0.3, 0.4) is 0 Å². The third-order valence-electron chi connectivity index (χ3n) is 5.52. The molecule has 0 amide bonds. The van der Waals surface area contributed by atoms with Crippen molar-refractivity contribution < 1.29 is 9.53 Å². The molecule has 1 fully saturated rings. The molecule has 1 atom stereocenters. The van der Waals surface area contributed by atoms with Gasteiger partial charge in [0.2, 0.25) is 0 Å². The molecule has 3 nitrogen and oxygen atoms in total. The fraction of sp³-hybridized carbons (Fsp3) is 0.609. The van der Waals surface area contributed by atoms with Crippen LogP contribution in [0.5, 0.6) is 0 Å². The molecule has 0 bridgehead atoms. The maximum absolute atomic E-state index is 12.9. The number of piperidine rings is 1. The average Bonchev–Trinajstić information content (AvgIpc) is 2.70. The first-order valence-corrected chi connectivity index (χ1v) is 10.2. The lowest BCUT2D eigenvalue weighted by Gasteiger charge is -2.40. The van der Waals surface area contributed by atoms with Gasteiger partial charge in [-0.2, -0.15) is 0 Å². The van der Waals surface area contributed by atoms with Crippen molar-refractivity contribution >= 4 is 5.78 Å². The molecule has 26 heavy (non-hydrogen) atoms. The Morgan fingerprint density at radius 1 is 1.12 bits per heavy atom. The van der Waals surface area contributed by atoms with E-state index in [1.165, 1.54) is 38.5 Å². The first-order chi connectivity index (χ1) is 12.6. The minimum Gasteiger partial charge on any atom is -0.372 e. The number of allylic oxidation sites excluding steroid dienone is 1. The molecule has 1 aliphatic heterocycles. The number of likely N-dealkylation sites (tertiary alicyclic amines) is 1. The summed E-state index contributed by atoms with van der Waals surface area (Å²) in [5.41, 5.74) is 1.40. The summed E-state index contributed by atoms with van der Waals surface area (Å²) in [5, 5.41) is 0. The molecule has 144 valence electrons. The molecule has 1 heterocycles. The van der Waals surface area contributed by atoms with E-state index >= 15 is 0 Å². The van der Waals surface area contributed by atoms with Gasteiger partial charge in [-0.15, -0.1) is 0 Å². The molecule has 1 aliphatic rings. The summed E-state index contributed by atoms with van der Waals surface area (Å²) in [4.78, 5) is 15.3. The SMILES string of the molecule is CCCCCCC(C)(OC)C(=CC(=O)c1ccccc1)N1CCCCC1. The van der Waals surface area contributed by atoms with Crippen LogP contribution in [0.25, 0.3) is 0 Å². The molecule has 0 aliphatic carbocycles. The number of nitrogens with zero attached hydrogens (tertiary/aromatic N) is 1. The zero-order valence-corrected chi connectivity index (χ0v) is 16.8. The van der Waals surface area contributed by atoms with Crippen LogP contribution in [0, 0.1) is 0 Å². The van der Waals surface area contributed by atoms with Crippen LogP contribution in [0.15, 0.2) is 42.1 Å². The van der Waals surface area contributed by atoms with E-state index in [9.17, 15) is 4.79 Å².